The monoisotopic (exact) mass is 230 g/mol. The molecule has 0 saturated carbocycles. The third kappa shape index (κ3) is 3.04. The Morgan fingerprint density at radius 1 is 1.35 bits per heavy atom. The van der Waals surface area contributed by atoms with E-state index in [2.05, 4.69) is 15.1 Å². The van der Waals surface area contributed by atoms with Gasteiger partial charge in [-0.05, 0) is 11.2 Å². The molecule has 0 aliphatic rings. The normalized spacial score (nSPS) is 10.1. The van der Waals surface area contributed by atoms with Gasteiger partial charge in [0.05, 0.1) is 23.7 Å². The Balaban J connectivity index is 2.20. The third-order valence-corrected chi connectivity index (χ3v) is 2.16. The fourth-order valence-corrected chi connectivity index (χ4v) is 1.36. The summed E-state index contributed by atoms with van der Waals surface area (Å²) in [5.74, 6) is -1.09. The number of aromatic nitrogens is 4. The molecule has 0 aliphatic heterocycles. The van der Waals surface area contributed by atoms with Gasteiger partial charge in [0.1, 0.15) is 0 Å². The van der Waals surface area contributed by atoms with E-state index in [1.165, 1.54) is 0 Å². The van der Waals surface area contributed by atoms with Gasteiger partial charge in [0.15, 0.2) is 6.54 Å². The minimum atomic E-state index is -1.09. The Kier molecular flexibility index (Phi) is 3.34. The number of nitrogens with zero attached hydrogens (tertiary/aromatic N) is 4. The predicted molar refractivity (Wildman–Crippen MR) is 55.1 cm³/mol. The molecule has 0 bridgehead atoms. The summed E-state index contributed by atoms with van der Waals surface area (Å²) < 4.78 is 1.54. The minimum Gasteiger partial charge on any atom is -0.550 e. The summed E-state index contributed by atoms with van der Waals surface area (Å²) >= 11 is 0. The first kappa shape index (κ1) is 11.1. The molecule has 0 unspecified atom stereocenters. The number of carbonyl (C=O) groups excluding carboxylic acids is 1. The molecule has 17 heavy (non-hydrogen) atoms. The maximum atomic E-state index is 10.4. The smallest absolute Gasteiger partial charge is 0.205 e. The largest absolute Gasteiger partial charge is 0.550 e. The number of aryl methyl sites for hydroxylation is 1. The van der Waals surface area contributed by atoms with Gasteiger partial charge < -0.3 is 9.90 Å². The van der Waals surface area contributed by atoms with Crippen molar-refractivity contribution < 1.29 is 14.6 Å². The van der Waals surface area contributed by atoms with Gasteiger partial charge in [0.25, 0.3) is 0 Å². The molecule has 2 aromatic heterocycles. The highest BCUT2D eigenvalue weighted by Crippen LogP contribution is 2.10. The van der Waals surface area contributed by atoms with Crippen molar-refractivity contribution in [1.82, 2.24) is 15.1 Å². The van der Waals surface area contributed by atoms with Crippen LogP contribution in [0.4, 0.5) is 0 Å². The van der Waals surface area contributed by atoms with E-state index in [1.807, 2.05) is 0 Å². The van der Waals surface area contributed by atoms with Crippen LogP contribution in [0.3, 0.4) is 0 Å². The Morgan fingerprint density at radius 2 is 2.24 bits per heavy atom. The average molecular weight is 230 g/mol. The van der Waals surface area contributed by atoms with Crippen molar-refractivity contribution in [2.75, 3.05) is 0 Å². The van der Waals surface area contributed by atoms with Crippen molar-refractivity contribution in [2.24, 2.45) is 0 Å². The number of carboxylic acid groups (broad SMARTS) is 1. The summed E-state index contributed by atoms with van der Waals surface area (Å²) in [4.78, 5) is 18.5. The van der Waals surface area contributed by atoms with E-state index in [0.717, 1.165) is 11.3 Å². The van der Waals surface area contributed by atoms with Crippen molar-refractivity contribution in [1.29, 1.82) is 0 Å². The molecule has 0 amide bonds. The summed E-state index contributed by atoms with van der Waals surface area (Å²) in [5.41, 5.74) is 1.56. The summed E-state index contributed by atoms with van der Waals surface area (Å²) in [5, 5.41) is 14.4. The number of carbonyl (C=O) groups is 1. The molecule has 0 radical (unpaired) electrons. The highest BCUT2D eigenvalue weighted by atomic mass is 16.4. The molecule has 2 heterocycles. The van der Waals surface area contributed by atoms with Crippen molar-refractivity contribution in [2.45, 2.75) is 13.0 Å². The number of rotatable bonds is 4. The van der Waals surface area contributed by atoms with Crippen LogP contribution in [0, 0.1) is 0 Å². The lowest BCUT2D eigenvalue weighted by atomic mass is 10.2. The first-order valence-electron chi connectivity index (χ1n) is 5.08. The van der Waals surface area contributed by atoms with Gasteiger partial charge in [-0.1, -0.05) is 4.68 Å². The molecule has 0 saturated heterocycles. The molecule has 0 fully saturated rings. The number of carboxylic acids is 1. The Bertz CT molecular complexity index is 516. The van der Waals surface area contributed by atoms with Crippen molar-refractivity contribution in [3.63, 3.8) is 0 Å². The van der Waals surface area contributed by atoms with Gasteiger partial charge in [0, 0.05) is 24.8 Å². The maximum Gasteiger partial charge on any atom is 0.205 e. The van der Waals surface area contributed by atoms with Crippen LogP contribution in [0.15, 0.2) is 37.1 Å². The third-order valence-electron chi connectivity index (χ3n) is 2.16. The maximum absolute atomic E-state index is 10.4. The van der Waals surface area contributed by atoms with E-state index in [9.17, 15) is 9.90 Å². The number of hydrogen-bond acceptors (Lipinski definition) is 5. The Labute approximate surface area is 97.6 Å². The van der Waals surface area contributed by atoms with Crippen molar-refractivity contribution in [3.05, 3.63) is 37.1 Å². The van der Waals surface area contributed by atoms with Crippen molar-refractivity contribution >= 4 is 5.97 Å². The zero-order chi connectivity index (χ0) is 12.1. The van der Waals surface area contributed by atoms with Crippen LogP contribution in [-0.2, 0) is 11.3 Å². The van der Waals surface area contributed by atoms with Gasteiger partial charge in [-0.25, -0.2) is 0 Å². The first-order valence-corrected chi connectivity index (χ1v) is 5.08. The minimum absolute atomic E-state index is 0.0679. The molecule has 2 rings (SSSR count). The molecular weight excluding hydrogens is 220 g/mol. The molecule has 6 nitrogen and oxygen atoms in total. The Hall–Kier alpha value is -2.37. The predicted octanol–water partition coefficient (Wildman–Crippen LogP) is -1.03. The van der Waals surface area contributed by atoms with E-state index in [1.54, 1.807) is 41.7 Å². The molecular formula is C11H10N4O2. The van der Waals surface area contributed by atoms with E-state index >= 15 is 0 Å². The van der Waals surface area contributed by atoms with Gasteiger partial charge in [-0.3, -0.25) is 9.97 Å². The van der Waals surface area contributed by atoms with Gasteiger partial charge in [-0.15, -0.1) is 0 Å². The molecule has 0 atom stereocenters. The van der Waals surface area contributed by atoms with Gasteiger partial charge in [0.2, 0.25) is 6.20 Å². The zero-order valence-electron chi connectivity index (χ0n) is 8.98. The molecule has 0 spiro atoms. The van der Waals surface area contributed by atoms with Crippen LogP contribution in [0.25, 0.3) is 11.3 Å². The SMILES string of the molecule is O=C([O-])CC[n+]1cc(-c2cnccn2)ccn1. The lowest BCUT2D eigenvalue weighted by molar-refractivity contribution is -0.753. The van der Waals surface area contributed by atoms with E-state index in [0.29, 0.717) is 0 Å². The summed E-state index contributed by atoms with van der Waals surface area (Å²) in [6.07, 6.45) is 8.09. The summed E-state index contributed by atoms with van der Waals surface area (Å²) in [7, 11) is 0. The average Bonchev–Trinajstić information content (AvgIpc) is 2.38. The van der Waals surface area contributed by atoms with Crippen LogP contribution in [0.1, 0.15) is 6.42 Å². The Morgan fingerprint density at radius 3 is 2.94 bits per heavy atom. The summed E-state index contributed by atoms with van der Waals surface area (Å²) in [6, 6.07) is 1.79. The molecule has 0 aromatic carbocycles. The first-order chi connectivity index (χ1) is 8.25. The highest BCUT2D eigenvalue weighted by molar-refractivity contribution is 5.63. The molecule has 6 heteroatoms. The van der Waals surface area contributed by atoms with Crippen LogP contribution < -0.4 is 9.79 Å². The lowest BCUT2D eigenvalue weighted by Gasteiger charge is -1.99. The molecule has 0 aliphatic carbocycles. The summed E-state index contributed by atoms with van der Waals surface area (Å²) in [6.45, 7) is 0.274. The second-order valence-electron chi connectivity index (χ2n) is 3.39. The quantitative estimate of drug-likeness (QED) is 0.627. The number of aliphatic carboxylic acids is 1. The van der Waals surface area contributed by atoms with Crippen LogP contribution in [0.5, 0.6) is 0 Å². The molecule has 2 aromatic rings. The highest BCUT2D eigenvalue weighted by Gasteiger charge is 2.07. The standard InChI is InChI=1S/C11H10N4O2/c16-11(17)2-6-15-8-9(1-3-14-15)10-7-12-4-5-13-10/h1,3-5,7-8H,2,6H2. The second-order valence-corrected chi connectivity index (χ2v) is 3.39. The van der Waals surface area contributed by atoms with Gasteiger partial charge >= 0.3 is 0 Å². The van der Waals surface area contributed by atoms with Gasteiger partial charge in [-0.2, -0.15) is 0 Å². The molecule has 0 N–H and O–H groups in total. The zero-order valence-corrected chi connectivity index (χ0v) is 8.98. The molecule has 86 valence electrons. The lowest BCUT2D eigenvalue weighted by Crippen LogP contribution is -2.40. The van der Waals surface area contributed by atoms with E-state index in [-0.39, 0.29) is 13.0 Å². The fourth-order valence-electron chi connectivity index (χ4n) is 1.36. The van der Waals surface area contributed by atoms with Crippen LogP contribution in [-0.4, -0.2) is 21.0 Å². The second kappa shape index (κ2) is 5.11. The van der Waals surface area contributed by atoms with Crippen LogP contribution in [0.2, 0.25) is 0 Å². The topological polar surface area (TPSA) is 82.7 Å². The fraction of sp³-hybridized carbons (Fsp3) is 0.182. The van der Waals surface area contributed by atoms with E-state index < -0.39 is 5.97 Å². The number of hydrogen-bond donors (Lipinski definition) is 0. The van der Waals surface area contributed by atoms with Crippen molar-refractivity contribution in [3.8, 4) is 11.3 Å². The van der Waals surface area contributed by atoms with E-state index in [4.69, 9.17) is 0 Å². The van der Waals surface area contributed by atoms with Crippen LogP contribution >= 0.6 is 0 Å².